The van der Waals surface area contributed by atoms with Crippen molar-refractivity contribution in [1.29, 1.82) is 0 Å². The second-order valence-corrected chi connectivity index (χ2v) is 5.24. The van der Waals surface area contributed by atoms with Gasteiger partial charge in [0.05, 0.1) is 5.56 Å². The van der Waals surface area contributed by atoms with Gasteiger partial charge >= 0.3 is 0 Å². The van der Waals surface area contributed by atoms with Crippen LogP contribution in [0, 0.1) is 0 Å². The highest BCUT2D eigenvalue weighted by atomic mass is 16.1. The van der Waals surface area contributed by atoms with Gasteiger partial charge in [-0.25, -0.2) is 4.98 Å². The lowest BCUT2D eigenvalue weighted by atomic mass is 10.1. The minimum absolute atomic E-state index is 0.00343. The predicted molar refractivity (Wildman–Crippen MR) is 74.1 cm³/mol. The van der Waals surface area contributed by atoms with Crippen LogP contribution in [0.3, 0.4) is 0 Å². The molecule has 0 aromatic carbocycles. The summed E-state index contributed by atoms with van der Waals surface area (Å²) in [5.74, 6) is 0.00343. The minimum Gasteiger partial charge on any atom is -0.349 e. The molecule has 2 aromatic heterocycles. The number of hydrogen-bond acceptors (Lipinski definition) is 2. The SMILES string of the molecule is O=C(NC1CCCCCC1)c1cccn2ccnc12. The quantitative estimate of drug-likeness (QED) is 0.841. The zero-order chi connectivity index (χ0) is 13.1. The standard InChI is InChI=1S/C15H19N3O/c19-15(17-12-6-3-1-2-4-7-12)13-8-5-10-18-11-9-16-14(13)18/h5,8-12H,1-4,6-7H2,(H,17,19). The smallest absolute Gasteiger partial charge is 0.255 e. The van der Waals surface area contributed by atoms with Gasteiger partial charge in [-0.05, 0) is 25.0 Å². The summed E-state index contributed by atoms with van der Waals surface area (Å²) in [7, 11) is 0. The molecule has 2 aromatic rings. The fourth-order valence-electron chi connectivity index (χ4n) is 2.81. The van der Waals surface area contributed by atoms with Crippen molar-refractivity contribution in [3.05, 3.63) is 36.3 Å². The molecule has 3 rings (SSSR count). The van der Waals surface area contributed by atoms with Crippen LogP contribution in [0.15, 0.2) is 30.7 Å². The lowest BCUT2D eigenvalue weighted by Gasteiger charge is -2.16. The first-order valence-electron chi connectivity index (χ1n) is 7.07. The van der Waals surface area contributed by atoms with Crippen molar-refractivity contribution in [1.82, 2.24) is 14.7 Å². The summed E-state index contributed by atoms with van der Waals surface area (Å²) in [5, 5.41) is 3.16. The molecule has 0 bridgehead atoms. The van der Waals surface area contributed by atoms with E-state index in [-0.39, 0.29) is 5.91 Å². The number of amides is 1. The normalized spacial score (nSPS) is 17.3. The molecule has 0 atom stereocenters. The van der Waals surface area contributed by atoms with Crippen molar-refractivity contribution in [2.45, 2.75) is 44.6 Å². The Hall–Kier alpha value is -1.84. The van der Waals surface area contributed by atoms with E-state index in [1.807, 2.05) is 28.9 Å². The summed E-state index contributed by atoms with van der Waals surface area (Å²) >= 11 is 0. The van der Waals surface area contributed by atoms with E-state index < -0.39 is 0 Å². The van der Waals surface area contributed by atoms with Crippen LogP contribution in [0.4, 0.5) is 0 Å². The number of aromatic nitrogens is 2. The Morgan fingerprint density at radius 3 is 2.79 bits per heavy atom. The van der Waals surface area contributed by atoms with E-state index in [0.717, 1.165) is 18.5 Å². The number of nitrogens with one attached hydrogen (secondary N) is 1. The van der Waals surface area contributed by atoms with Gasteiger partial charge in [0.25, 0.3) is 5.91 Å². The Morgan fingerprint density at radius 1 is 1.21 bits per heavy atom. The molecule has 19 heavy (non-hydrogen) atoms. The summed E-state index contributed by atoms with van der Waals surface area (Å²) in [6, 6.07) is 4.05. The molecule has 1 N–H and O–H groups in total. The summed E-state index contributed by atoms with van der Waals surface area (Å²) < 4.78 is 1.88. The minimum atomic E-state index is 0.00343. The van der Waals surface area contributed by atoms with E-state index in [4.69, 9.17) is 0 Å². The average Bonchev–Trinajstić information content (AvgIpc) is 2.76. The number of pyridine rings is 1. The van der Waals surface area contributed by atoms with Crippen molar-refractivity contribution in [2.75, 3.05) is 0 Å². The Bertz CT molecular complexity index is 568. The molecule has 0 saturated heterocycles. The Morgan fingerprint density at radius 2 is 2.00 bits per heavy atom. The highest BCUT2D eigenvalue weighted by Crippen LogP contribution is 2.18. The molecule has 1 aliphatic rings. The van der Waals surface area contributed by atoms with Crippen LogP contribution in [0.25, 0.3) is 5.65 Å². The highest BCUT2D eigenvalue weighted by Gasteiger charge is 2.17. The van der Waals surface area contributed by atoms with Crippen molar-refractivity contribution < 1.29 is 4.79 Å². The monoisotopic (exact) mass is 257 g/mol. The van der Waals surface area contributed by atoms with Gasteiger partial charge in [-0.2, -0.15) is 0 Å². The number of carbonyl (C=O) groups is 1. The van der Waals surface area contributed by atoms with Gasteiger partial charge in [-0.15, -0.1) is 0 Å². The Labute approximate surface area is 112 Å². The Balaban J connectivity index is 1.77. The lowest BCUT2D eigenvalue weighted by Crippen LogP contribution is -2.34. The van der Waals surface area contributed by atoms with Crippen LogP contribution in [-0.2, 0) is 0 Å². The molecule has 0 radical (unpaired) electrons. The van der Waals surface area contributed by atoms with Gasteiger partial charge in [-0.1, -0.05) is 25.7 Å². The molecule has 4 heteroatoms. The van der Waals surface area contributed by atoms with Crippen molar-refractivity contribution in [3.63, 3.8) is 0 Å². The second-order valence-electron chi connectivity index (χ2n) is 5.24. The van der Waals surface area contributed by atoms with Gasteiger partial charge in [0.1, 0.15) is 5.65 Å². The van der Waals surface area contributed by atoms with Gasteiger partial charge in [-0.3, -0.25) is 4.79 Å². The molecule has 2 heterocycles. The topological polar surface area (TPSA) is 46.4 Å². The maximum absolute atomic E-state index is 12.4. The zero-order valence-corrected chi connectivity index (χ0v) is 11.0. The van der Waals surface area contributed by atoms with Crippen LogP contribution in [0.1, 0.15) is 48.9 Å². The fourth-order valence-corrected chi connectivity index (χ4v) is 2.81. The van der Waals surface area contributed by atoms with Crippen LogP contribution >= 0.6 is 0 Å². The van der Waals surface area contributed by atoms with Crippen molar-refractivity contribution in [2.24, 2.45) is 0 Å². The average molecular weight is 257 g/mol. The van der Waals surface area contributed by atoms with E-state index in [1.54, 1.807) is 6.20 Å². The van der Waals surface area contributed by atoms with E-state index in [1.165, 1.54) is 25.7 Å². The maximum atomic E-state index is 12.4. The zero-order valence-electron chi connectivity index (χ0n) is 11.0. The van der Waals surface area contributed by atoms with Crippen LogP contribution in [-0.4, -0.2) is 21.3 Å². The summed E-state index contributed by atoms with van der Waals surface area (Å²) in [4.78, 5) is 16.6. The van der Waals surface area contributed by atoms with Gasteiger partial charge in [0.15, 0.2) is 0 Å². The molecule has 0 spiro atoms. The Kier molecular flexibility index (Phi) is 3.49. The number of nitrogens with zero attached hydrogens (tertiary/aromatic N) is 2. The number of rotatable bonds is 2. The van der Waals surface area contributed by atoms with Crippen LogP contribution < -0.4 is 5.32 Å². The lowest BCUT2D eigenvalue weighted by molar-refractivity contribution is 0.0934. The molecule has 1 amide bonds. The predicted octanol–water partition coefficient (Wildman–Crippen LogP) is 2.79. The fraction of sp³-hybridized carbons (Fsp3) is 0.467. The van der Waals surface area contributed by atoms with Gasteiger partial charge < -0.3 is 9.72 Å². The molecule has 100 valence electrons. The molecule has 0 aliphatic heterocycles. The summed E-state index contributed by atoms with van der Waals surface area (Å²) in [5.41, 5.74) is 1.39. The molecule has 1 saturated carbocycles. The summed E-state index contributed by atoms with van der Waals surface area (Å²) in [6.07, 6.45) is 12.7. The highest BCUT2D eigenvalue weighted by molar-refractivity contribution is 5.99. The van der Waals surface area contributed by atoms with E-state index in [9.17, 15) is 4.79 Å². The second kappa shape index (κ2) is 5.43. The third-order valence-corrected chi connectivity index (χ3v) is 3.85. The molecule has 1 aliphatic carbocycles. The van der Waals surface area contributed by atoms with Crippen LogP contribution in [0.2, 0.25) is 0 Å². The molecule has 4 nitrogen and oxygen atoms in total. The first-order valence-corrected chi connectivity index (χ1v) is 7.07. The van der Waals surface area contributed by atoms with Gasteiger partial charge in [0.2, 0.25) is 0 Å². The van der Waals surface area contributed by atoms with E-state index in [2.05, 4.69) is 10.3 Å². The molecule has 1 fully saturated rings. The number of hydrogen-bond donors (Lipinski definition) is 1. The third-order valence-electron chi connectivity index (χ3n) is 3.85. The maximum Gasteiger partial charge on any atom is 0.255 e. The van der Waals surface area contributed by atoms with E-state index in [0.29, 0.717) is 11.6 Å². The van der Waals surface area contributed by atoms with Gasteiger partial charge in [0, 0.05) is 24.6 Å². The first kappa shape index (κ1) is 12.2. The molecule has 0 unspecified atom stereocenters. The van der Waals surface area contributed by atoms with Crippen molar-refractivity contribution in [3.8, 4) is 0 Å². The molecular formula is C15H19N3O. The largest absolute Gasteiger partial charge is 0.349 e. The third kappa shape index (κ3) is 2.62. The number of imidazole rings is 1. The van der Waals surface area contributed by atoms with Crippen molar-refractivity contribution >= 4 is 11.6 Å². The van der Waals surface area contributed by atoms with E-state index >= 15 is 0 Å². The number of carbonyl (C=O) groups excluding carboxylic acids is 1. The number of fused-ring (bicyclic) bond motifs is 1. The summed E-state index contributed by atoms with van der Waals surface area (Å²) in [6.45, 7) is 0. The molecular weight excluding hydrogens is 238 g/mol. The van der Waals surface area contributed by atoms with Crippen LogP contribution in [0.5, 0.6) is 0 Å². The first-order chi connectivity index (χ1) is 9.34.